The Morgan fingerprint density at radius 1 is 1.06 bits per heavy atom. The molecule has 2 amide bonds. The smallest absolute Gasteiger partial charge is 0.258 e. The summed E-state index contributed by atoms with van der Waals surface area (Å²) in [4.78, 5) is 32.8. The molecule has 31 heavy (non-hydrogen) atoms. The molecule has 3 rings (SSSR count). The Bertz CT molecular complexity index is 1120. The van der Waals surface area contributed by atoms with Crippen molar-refractivity contribution < 1.29 is 9.59 Å². The van der Waals surface area contributed by atoms with Gasteiger partial charge in [0.25, 0.3) is 5.91 Å². The van der Waals surface area contributed by atoms with Crippen LogP contribution in [-0.4, -0.2) is 22.8 Å². The molecular weight excluding hydrogens is 414 g/mol. The van der Waals surface area contributed by atoms with Crippen LogP contribution in [0.2, 0.25) is 5.02 Å². The van der Waals surface area contributed by atoms with Crippen molar-refractivity contribution in [2.24, 2.45) is 4.99 Å². The number of anilines is 2. The number of halogens is 1. The van der Waals surface area contributed by atoms with Crippen LogP contribution in [-0.2, 0) is 11.3 Å². The van der Waals surface area contributed by atoms with Crippen molar-refractivity contribution in [1.82, 2.24) is 10.3 Å². The van der Waals surface area contributed by atoms with Gasteiger partial charge in [0.1, 0.15) is 0 Å². The van der Waals surface area contributed by atoms with Crippen molar-refractivity contribution in [3.63, 3.8) is 0 Å². The van der Waals surface area contributed by atoms with Crippen LogP contribution < -0.4 is 16.0 Å². The highest BCUT2D eigenvalue weighted by Crippen LogP contribution is 2.23. The highest BCUT2D eigenvalue weighted by molar-refractivity contribution is 6.31. The molecule has 0 unspecified atom stereocenters. The molecule has 7 nitrogen and oxygen atoms in total. The minimum absolute atomic E-state index is 0.214. The third-order valence-electron chi connectivity index (χ3n) is 4.34. The van der Waals surface area contributed by atoms with Gasteiger partial charge >= 0.3 is 0 Å². The normalized spacial score (nSPS) is 11.0. The van der Waals surface area contributed by atoms with E-state index in [2.05, 4.69) is 25.9 Å². The molecule has 8 heteroatoms. The number of hydrogen-bond donors (Lipinski definition) is 3. The average Bonchev–Trinajstić information content (AvgIpc) is 2.75. The highest BCUT2D eigenvalue weighted by Gasteiger charge is 2.12. The second-order valence-electron chi connectivity index (χ2n) is 6.78. The van der Waals surface area contributed by atoms with Crippen molar-refractivity contribution in [1.29, 1.82) is 0 Å². The van der Waals surface area contributed by atoms with E-state index in [1.54, 1.807) is 42.7 Å². The van der Waals surface area contributed by atoms with E-state index < -0.39 is 0 Å². The highest BCUT2D eigenvalue weighted by atomic mass is 35.5. The van der Waals surface area contributed by atoms with Gasteiger partial charge in [0.05, 0.1) is 6.54 Å². The van der Waals surface area contributed by atoms with E-state index in [1.165, 1.54) is 6.92 Å². The molecule has 3 aromatic rings. The Kier molecular flexibility index (Phi) is 7.35. The van der Waals surface area contributed by atoms with Gasteiger partial charge in [-0.05, 0) is 54.4 Å². The number of carbonyl (C=O) groups excluding carboxylic acids is 2. The fourth-order valence-electron chi connectivity index (χ4n) is 2.76. The quantitative estimate of drug-likeness (QED) is 0.409. The third-order valence-corrected chi connectivity index (χ3v) is 4.75. The molecule has 0 aliphatic rings. The molecule has 0 bridgehead atoms. The van der Waals surface area contributed by atoms with Crippen molar-refractivity contribution in [3.05, 3.63) is 88.7 Å². The zero-order chi connectivity index (χ0) is 22.2. The van der Waals surface area contributed by atoms with Gasteiger partial charge in [0, 0.05) is 41.3 Å². The topological polar surface area (TPSA) is 95.5 Å². The summed E-state index contributed by atoms with van der Waals surface area (Å²) in [7, 11) is 0. The summed E-state index contributed by atoms with van der Waals surface area (Å²) in [5.74, 6) is -0.317. The number of guanidine groups is 1. The predicted octanol–water partition coefficient (Wildman–Crippen LogP) is 4.40. The number of benzene rings is 2. The average molecular weight is 436 g/mol. The molecule has 0 saturated carbocycles. The number of aliphatic imine (C=N–C) groups is 1. The van der Waals surface area contributed by atoms with Crippen molar-refractivity contribution in [2.75, 3.05) is 10.6 Å². The molecule has 1 aromatic heterocycles. The van der Waals surface area contributed by atoms with E-state index in [1.807, 2.05) is 31.2 Å². The van der Waals surface area contributed by atoms with Crippen molar-refractivity contribution >= 4 is 40.7 Å². The number of pyridine rings is 1. The summed E-state index contributed by atoms with van der Waals surface area (Å²) in [5.41, 5.74) is 3.37. The van der Waals surface area contributed by atoms with Crippen LogP contribution >= 0.6 is 11.6 Å². The first-order valence-electron chi connectivity index (χ1n) is 9.57. The standard InChI is InChI=1S/C23H22ClN5O2/c1-15-20(24)9-4-10-21(15)28-23(26-14-17-6-5-11-25-13-17)29-22(31)18-7-3-8-19(12-18)27-16(2)30/h3-13H,14H2,1-2H3,(H,27,30)(H2,26,28,29,31). The predicted molar refractivity (Wildman–Crippen MR) is 123 cm³/mol. The number of rotatable bonds is 5. The van der Waals surface area contributed by atoms with Crippen LogP contribution in [0.4, 0.5) is 11.4 Å². The second kappa shape index (κ2) is 10.4. The van der Waals surface area contributed by atoms with Gasteiger partial charge in [0.2, 0.25) is 11.9 Å². The maximum Gasteiger partial charge on any atom is 0.258 e. The minimum atomic E-state index is -0.371. The largest absolute Gasteiger partial charge is 0.326 e. The molecule has 0 aliphatic carbocycles. The monoisotopic (exact) mass is 435 g/mol. The van der Waals surface area contributed by atoms with Gasteiger partial charge in [-0.25, -0.2) is 4.99 Å². The lowest BCUT2D eigenvalue weighted by Gasteiger charge is -2.15. The molecule has 0 saturated heterocycles. The molecule has 0 radical (unpaired) electrons. The van der Waals surface area contributed by atoms with E-state index in [9.17, 15) is 9.59 Å². The maximum absolute atomic E-state index is 12.9. The number of amides is 2. The molecule has 3 N–H and O–H groups in total. The number of hydrogen-bond acceptors (Lipinski definition) is 4. The van der Waals surface area contributed by atoms with Gasteiger partial charge < -0.3 is 10.6 Å². The van der Waals surface area contributed by atoms with E-state index in [4.69, 9.17) is 11.6 Å². The van der Waals surface area contributed by atoms with Gasteiger partial charge in [-0.1, -0.05) is 29.8 Å². The molecule has 0 atom stereocenters. The summed E-state index contributed by atoms with van der Waals surface area (Å²) in [6.45, 7) is 3.61. The Hall–Kier alpha value is -3.71. The Morgan fingerprint density at radius 2 is 1.87 bits per heavy atom. The van der Waals surface area contributed by atoms with Gasteiger partial charge in [0.15, 0.2) is 0 Å². The first-order valence-corrected chi connectivity index (χ1v) is 9.94. The van der Waals surface area contributed by atoms with Crippen LogP contribution in [0.25, 0.3) is 0 Å². The summed E-state index contributed by atoms with van der Waals surface area (Å²) < 4.78 is 0. The van der Waals surface area contributed by atoms with Crippen LogP contribution in [0, 0.1) is 6.92 Å². The van der Waals surface area contributed by atoms with Gasteiger partial charge in [-0.3, -0.25) is 19.9 Å². The number of nitrogens with one attached hydrogen (secondary N) is 3. The summed E-state index contributed by atoms with van der Waals surface area (Å²) in [6, 6.07) is 15.8. The van der Waals surface area contributed by atoms with E-state index in [0.717, 1.165) is 16.8 Å². The number of aromatic nitrogens is 1. The molecule has 2 aromatic carbocycles. The molecule has 158 valence electrons. The molecule has 0 fully saturated rings. The number of carbonyl (C=O) groups is 2. The summed E-state index contributed by atoms with van der Waals surface area (Å²) in [6.07, 6.45) is 3.40. The Balaban J connectivity index is 1.84. The minimum Gasteiger partial charge on any atom is -0.326 e. The van der Waals surface area contributed by atoms with Gasteiger partial charge in [-0.2, -0.15) is 0 Å². The lowest BCUT2D eigenvalue weighted by atomic mass is 10.2. The number of nitrogens with zero attached hydrogens (tertiary/aromatic N) is 2. The van der Waals surface area contributed by atoms with E-state index in [0.29, 0.717) is 22.8 Å². The van der Waals surface area contributed by atoms with Crippen molar-refractivity contribution in [2.45, 2.75) is 20.4 Å². The first-order chi connectivity index (χ1) is 14.9. The lowest BCUT2D eigenvalue weighted by molar-refractivity contribution is -0.114. The molecule has 0 aliphatic heterocycles. The van der Waals surface area contributed by atoms with Crippen LogP contribution in [0.5, 0.6) is 0 Å². The Labute approximate surface area is 185 Å². The van der Waals surface area contributed by atoms with Crippen molar-refractivity contribution in [3.8, 4) is 0 Å². The first kappa shape index (κ1) is 22.0. The Morgan fingerprint density at radius 3 is 2.61 bits per heavy atom. The van der Waals surface area contributed by atoms with E-state index >= 15 is 0 Å². The third kappa shape index (κ3) is 6.38. The lowest BCUT2D eigenvalue weighted by Crippen LogP contribution is -2.36. The van der Waals surface area contributed by atoms with Gasteiger partial charge in [-0.15, -0.1) is 0 Å². The zero-order valence-corrected chi connectivity index (χ0v) is 17.9. The van der Waals surface area contributed by atoms with Crippen LogP contribution in [0.15, 0.2) is 72.0 Å². The zero-order valence-electron chi connectivity index (χ0n) is 17.1. The summed E-state index contributed by atoms with van der Waals surface area (Å²) in [5, 5.41) is 9.22. The second-order valence-corrected chi connectivity index (χ2v) is 7.19. The fourth-order valence-corrected chi connectivity index (χ4v) is 2.94. The maximum atomic E-state index is 12.9. The fraction of sp³-hybridized carbons (Fsp3) is 0.130. The van der Waals surface area contributed by atoms with Crippen LogP contribution in [0.3, 0.4) is 0 Å². The molecular formula is C23H22ClN5O2. The summed E-state index contributed by atoms with van der Waals surface area (Å²) >= 11 is 6.22. The van der Waals surface area contributed by atoms with E-state index in [-0.39, 0.29) is 17.8 Å². The molecule has 1 heterocycles. The van der Waals surface area contributed by atoms with Crippen LogP contribution in [0.1, 0.15) is 28.4 Å². The molecule has 0 spiro atoms. The SMILES string of the molecule is CC(=O)Nc1cccc(C(=O)NC(=NCc2cccnc2)Nc2cccc(Cl)c2C)c1.